The van der Waals surface area contributed by atoms with Crippen molar-refractivity contribution in [3.8, 4) is 0 Å². The highest BCUT2D eigenvalue weighted by atomic mass is 16.4. The zero-order chi connectivity index (χ0) is 15.2. The number of carboxylic acid groups (broad SMARTS) is 1. The number of hydrogen-bond donors (Lipinski definition) is 1. The van der Waals surface area contributed by atoms with Gasteiger partial charge in [0.1, 0.15) is 0 Å². The molecular formula is C17H23NO3. The van der Waals surface area contributed by atoms with Gasteiger partial charge in [-0.3, -0.25) is 9.59 Å². The molecule has 1 aromatic rings. The highest BCUT2D eigenvalue weighted by Crippen LogP contribution is 2.26. The number of piperidine rings is 1. The molecule has 0 aromatic heterocycles. The van der Waals surface area contributed by atoms with E-state index in [2.05, 4.69) is 6.92 Å². The lowest BCUT2D eigenvalue weighted by molar-refractivity contribution is -0.138. The molecule has 4 heteroatoms. The van der Waals surface area contributed by atoms with Crippen LogP contribution in [0.1, 0.15) is 50.5 Å². The first-order valence-electron chi connectivity index (χ1n) is 7.64. The monoisotopic (exact) mass is 289 g/mol. The van der Waals surface area contributed by atoms with Crippen molar-refractivity contribution in [1.29, 1.82) is 0 Å². The number of carboxylic acids is 1. The van der Waals surface area contributed by atoms with Crippen LogP contribution in [0.5, 0.6) is 0 Å². The van der Waals surface area contributed by atoms with Gasteiger partial charge in [0.25, 0.3) is 0 Å². The first kappa shape index (κ1) is 15.5. The van der Waals surface area contributed by atoms with Gasteiger partial charge in [0, 0.05) is 24.9 Å². The fraction of sp³-hybridized carbons (Fsp3) is 0.529. The smallest absolute Gasteiger partial charge is 0.303 e. The lowest BCUT2D eigenvalue weighted by Crippen LogP contribution is -2.42. The van der Waals surface area contributed by atoms with E-state index < -0.39 is 5.97 Å². The molecule has 4 nitrogen and oxygen atoms in total. The molecule has 0 bridgehead atoms. The standard InChI is InChI=1S/C17H23NO3/c1-13-7-5-6-10-18(13)16(19)11-15(12-17(20)21)14-8-3-2-4-9-14/h2-4,8-9,13,15H,5-7,10-12H2,1H3,(H,20,21)/t13-,15+/m1/s1. The second-order valence-electron chi connectivity index (χ2n) is 5.84. The van der Waals surface area contributed by atoms with E-state index in [9.17, 15) is 9.59 Å². The molecule has 2 rings (SSSR count). The van der Waals surface area contributed by atoms with Crippen LogP contribution in [0.4, 0.5) is 0 Å². The van der Waals surface area contributed by atoms with E-state index in [4.69, 9.17) is 5.11 Å². The minimum Gasteiger partial charge on any atom is -0.481 e. The van der Waals surface area contributed by atoms with Gasteiger partial charge in [-0.1, -0.05) is 30.3 Å². The highest BCUT2D eigenvalue weighted by molar-refractivity contribution is 5.79. The minimum atomic E-state index is -0.858. The largest absolute Gasteiger partial charge is 0.481 e. The third-order valence-corrected chi connectivity index (χ3v) is 4.24. The van der Waals surface area contributed by atoms with Crippen LogP contribution in [0.25, 0.3) is 0 Å². The normalized spacial score (nSPS) is 20.0. The Morgan fingerprint density at radius 1 is 1.24 bits per heavy atom. The third-order valence-electron chi connectivity index (χ3n) is 4.24. The molecule has 1 heterocycles. The van der Waals surface area contributed by atoms with Gasteiger partial charge in [0.2, 0.25) is 5.91 Å². The molecule has 1 aromatic carbocycles. The molecule has 1 fully saturated rings. The van der Waals surface area contributed by atoms with E-state index >= 15 is 0 Å². The summed E-state index contributed by atoms with van der Waals surface area (Å²) >= 11 is 0. The summed E-state index contributed by atoms with van der Waals surface area (Å²) in [6, 6.07) is 9.75. The first-order chi connectivity index (χ1) is 10.1. The van der Waals surface area contributed by atoms with Crippen molar-refractivity contribution in [3.05, 3.63) is 35.9 Å². The number of likely N-dealkylation sites (tertiary alicyclic amines) is 1. The van der Waals surface area contributed by atoms with Gasteiger partial charge in [0.05, 0.1) is 6.42 Å². The predicted molar refractivity (Wildman–Crippen MR) is 81.1 cm³/mol. The molecule has 2 atom stereocenters. The summed E-state index contributed by atoms with van der Waals surface area (Å²) < 4.78 is 0. The number of amides is 1. The van der Waals surface area contributed by atoms with Crippen molar-refractivity contribution in [2.24, 2.45) is 0 Å². The summed E-state index contributed by atoms with van der Waals surface area (Å²) in [6.07, 6.45) is 3.53. The van der Waals surface area contributed by atoms with Crippen molar-refractivity contribution in [2.45, 2.75) is 51.0 Å². The Hall–Kier alpha value is -1.84. The fourth-order valence-electron chi connectivity index (χ4n) is 3.04. The van der Waals surface area contributed by atoms with Crippen LogP contribution >= 0.6 is 0 Å². The summed E-state index contributed by atoms with van der Waals surface area (Å²) in [5.41, 5.74) is 0.929. The number of carbonyl (C=O) groups is 2. The molecule has 1 saturated heterocycles. The van der Waals surface area contributed by atoms with Crippen molar-refractivity contribution in [1.82, 2.24) is 4.90 Å². The van der Waals surface area contributed by atoms with Crippen LogP contribution < -0.4 is 0 Å². The molecule has 0 unspecified atom stereocenters. The average Bonchev–Trinajstić information content (AvgIpc) is 2.47. The van der Waals surface area contributed by atoms with Crippen LogP contribution in [0.15, 0.2) is 30.3 Å². The Morgan fingerprint density at radius 3 is 2.57 bits per heavy atom. The Balaban J connectivity index is 2.07. The topological polar surface area (TPSA) is 57.6 Å². The summed E-state index contributed by atoms with van der Waals surface area (Å²) in [7, 11) is 0. The van der Waals surface area contributed by atoms with E-state index in [0.717, 1.165) is 24.9 Å². The van der Waals surface area contributed by atoms with E-state index in [1.54, 1.807) is 0 Å². The first-order valence-corrected chi connectivity index (χ1v) is 7.64. The van der Waals surface area contributed by atoms with E-state index in [1.807, 2.05) is 35.2 Å². The van der Waals surface area contributed by atoms with Crippen molar-refractivity contribution >= 4 is 11.9 Å². The fourth-order valence-corrected chi connectivity index (χ4v) is 3.04. The molecule has 0 spiro atoms. The van der Waals surface area contributed by atoms with Gasteiger partial charge >= 0.3 is 5.97 Å². The summed E-state index contributed by atoms with van der Waals surface area (Å²) in [5.74, 6) is -1.02. The lowest BCUT2D eigenvalue weighted by Gasteiger charge is -2.34. The second kappa shape index (κ2) is 7.25. The Bertz CT molecular complexity index is 486. The SMILES string of the molecule is C[C@@H]1CCCCN1C(=O)C[C@@H](CC(=O)O)c1ccccc1. The maximum absolute atomic E-state index is 12.5. The molecule has 1 N–H and O–H groups in total. The van der Waals surface area contributed by atoms with Crippen LogP contribution in [0.3, 0.4) is 0 Å². The Kier molecular flexibility index (Phi) is 5.37. The minimum absolute atomic E-state index is 0.00201. The van der Waals surface area contributed by atoms with Gasteiger partial charge in [-0.25, -0.2) is 0 Å². The van der Waals surface area contributed by atoms with Gasteiger partial charge < -0.3 is 10.0 Å². The summed E-state index contributed by atoms with van der Waals surface area (Å²) in [4.78, 5) is 25.5. The Labute approximate surface area is 125 Å². The maximum atomic E-state index is 12.5. The zero-order valence-electron chi connectivity index (χ0n) is 12.5. The number of carbonyl (C=O) groups excluding carboxylic acids is 1. The lowest BCUT2D eigenvalue weighted by atomic mass is 9.91. The Morgan fingerprint density at radius 2 is 1.95 bits per heavy atom. The van der Waals surface area contributed by atoms with Crippen molar-refractivity contribution < 1.29 is 14.7 Å². The summed E-state index contributed by atoms with van der Waals surface area (Å²) in [5, 5.41) is 9.10. The number of nitrogens with zero attached hydrogens (tertiary/aromatic N) is 1. The number of rotatable bonds is 5. The van der Waals surface area contributed by atoms with Crippen LogP contribution in [0, 0.1) is 0 Å². The molecule has 1 aliphatic rings. The molecule has 1 aliphatic heterocycles. The van der Waals surface area contributed by atoms with Crippen LogP contribution in [-0.4, -0.2) is 34.5 Å². The quantitative estimate of drug-likeness (QED) is 0.906. The van der Waals surface area contributed by atoms with E-state index in [1.165, 1.54) is 6.42 Å². The third kappa shape index (κ3) is 4.31. The van der Waals surface area contributed by atoms with Gasteiger partial charge in [-0.05, 0) is 31.7 Å². The van der Waals surface area contributed by atoms with E-state index in [0.29, 0.717) is 0 Å². The summed E-state index contributed by atoms with van der Waals surface area (Å²) in [6.45, 7) is 2.88. The predicted octanol–water partition coefficient (Wildman–Crippen LogP) is 3.04. The highest BCUT2D eigenvalue weighted by Gasteiger charge is 2.27. The van der Waals surface area contributed by atoms with Gasteiger partial charge in [-0.15, -0.1) is 0 Å². The number of hydrogen-bond acceptors (Lipinski definition) is 2. The molecule has 0 saturated carbocycles. The maximum Gasteiger partial charge on any atom is 0.303 e. The molecular weight excluding hydrogens is 266 g/mol. The molecule has 1 amide bonds. The molecule has 0 radical (unpaired) electrons. The number of aliphatic carboxylic acids is 1. The number of benzene rings is 1. The van der Waals surface area contributed by atoms with Crippen molar-refractivity contribution in [2.75, 3.05) is 6.54 Å². The van der Waals surface area contributed by atoms with Crippen LogP contribution in [0.2, 0.25) is 0 Å². The van der Waals surface area contributed by atoms with Crippen molar-refractivity contribution in [3.63, 3.8) is 0 Å². The van der Waals surface area contributed by atoms with E-state index in [-0.39, 0.29) is 30.7 Å². The molecule has 114 valence electrons. The van der Waals surface area contributed by atoms with Crippen LogP contribution in [-0.2, 0) is 9.59 Å². The second-order valence-corrected chi connectivity index (χ2v) is 5.84. The van der Waals surface area contributed by atoms with Gasteiger partial charge in [-0.2, -0.15) is 0 Å². The molecule has 0 aliphatic carbocycles. The average molecular weight is 289 g/mol. The zero-order valence-corrected chi connectivity index (χ0v) is 12.5. The molecule has 21 heavy (non-hydrogen) atoms. The van der Waals surface area contributed by atoms with Gasteiger partial charge in [0.15, 0.2) is 0 Å².